The average molecular weight is 574 g/mol. The summed E-state index contributed by atoms with van der Waals surface area (Å²) in [6.07, 6.45) is 1.47. The van der Waals surface area contributed by atoms with E-state index in [-0.39, 0.29) is 29.9 Å². The van der Waals surface area contributed by atoms with E-state index in [0.29, 0.717) is 55.1 Å². The Bertz CT molecular complexity index is 1650. The Balaban J connectivity index is 1.51. The fourth-order valence-electron chi connectivity index (χ4n) is 4.32. The number of nitrogens with zero attached hydrogens (tertiary/aromatic N) is 4. The summed E-state index contributed by atoms with van der Waals surface area (Å²) >= 11 is 13.4. The second kappa shape index (κ2) is 10.3. The highest BCUT2D eigenvalue weighted by Gasteiger charge is 2.32. The molecule has 0 spiro atoms. The third-order valence-electron chi connectivity index (χ3n) is 6.27. The quantitative estimate of drug-likeness (QED) is 0.275. The van der Waals surface area contributed by atoms with Gasteiger partial charge in [-0.3, -0.25) is 14.2 Å². The SMILES string of the molecule is CNC(=O)Oc1noc2cc(-n3c(SC)nc4c(c3=O)C[C@@H](C)N(C(=O)c3ccc(Cl)c(Cl)c3)C4)ccc12. The maximum Gasteiger partial charge on any atom is 0.413 e. The fourth-order valence-corrected chi connectivity index (χ4v) is 5.19. The maximum absolute atomic E-state index is 13.7. The molecule has 0 saturated carbocycles. The Morgan fingerprint density at radius 2 is 1.97 bits per heavy atom. The van der Waals surface area contributed by atoms with Gasteiger partial charge in [-0.15, -0.1) is 0 Å². The van der Waals surface area contributed by atoms with Crippen molar-refractivity contribution in [2.24, 2.45) is 0 Å². The smallest absolute Gasteiger partial charge is 0.387 e. The number of halogens is 2. The number of hydrogen-bond acceptors (Lipinski definition) is 8. The molecule has 2 aromatic carbocycles. The molecular weight excluding hydrogens is 553 g/mol. The van der Waals surface area contributed by atoms with Gasteiger partial charge in [-0.2, -0.15) is 0 Å². The summed E-state index contributed by atoms with van der Waals surface area (Å²) in [5.74, 6) is -0.198. The molecule has 0 unspecified atom stereocenters. The lowest BCUT2D eigenvalue weighted by atomic mass is 9.98. The van der Waals surface area contributed by atoms with Crippen LogP contribution in [0.15, 0.2) is 50.9 Å². The molecule has 0 aliphatic carbocycles. The molecule has 3 heterocycles. The molecule has 1 N–H and O–H groups in total. The second-order valence-corrected chi connectivity index (χ2v) is 10.2. The van der Waals surface area contributed by atoms with Gasteiger partial charge in [-0.25, -0.2) is 9.78 Å². The minimum absolute atomic E-state index is 0.0208. The molecule has 0 bridgehead atoms. The number of ether oxygens (including phenoxy) is 1. The van der Waals surface area contributed by atoms with Gasteiger partial charge in [-0.1, -0.05) is 35.0 Å². The minimum atomic E-state index is -0.676. The van der Waals surface area contributed by atoms with Gasteiger partial charge < -0.3 is 19.5 Å². The highest BCUT2D eigenvalue weighted by atomic mass is 35.5. The van der Waals surface area contributed by atoms with Crippen molar-refractivity contribution in [3.8, 4) is 11.6 Å². The van der Waals surface area contributed by atoms with Crippen LogP contribution in [0.4, 0.5) is 4.79 Å². The van der Waals surface area contributed by atoms with Crippen LogP contribution in [-0.4, -0.2) is 51.0 Å². The predicted molar refractivity (Wildman–Crippen MR) is 144 cm³/mol. The molecule has 10 nitrogen and oxygen atoms in total. The molecular formula is C25H21Cl2N5O5S. The number of benzene rings is 2. The molecule has 0 fully saturated rings. The zero-order chi connectivity index (χ0) is 27.1. The number of carbonyl (C=O) groups is 2. The first-order valence-corrected chi connectivity index (χ1v) is 13.4. The van der Waals surface area contributed by atoms with E-state index < -0.39 is 6.09 Å². The van der Waals surface area contributed by atoms with Crippen LogP contribution in [0, 0.1) is 0 Å². The van der Waals surface area contributed by atoms with Gasteiger partial charge in [0.05, 0.1) is 33.4 Å². The Morgan fingerprint density at radius 1 is 1.18 bits per heavy atom. The number of hydrogen-bond donors (Lipinski definition) is 1. The number of nitrogens with one attached hydrogen (secondary N) is 1. The molecule has 2 aromatic heterocycles. The summed E-state index contributed by atoms with van der Waals surface area (Å²) in [5.41, 5.74) is 2.12. The standard InChI is InChI=1S/C25H21Cl2N5O5S/c1-12-8-16-19(11-31(12)22(33)13-4-7-17(26)18(27)9-13)29-24(38-3)32(23(16)34)14-5-6-15-20(10-14)37-30-21(15)36-25(35)28-2/h4-7,9-10,12H,8,11H2,1-3H3,(H,28,35)/t12-/m1/s1. The maximum atomic E-state index is 13.7. The van der Waals surface area contributed by atoms with E-state index in [1.54, 1.807) is 35.2 Å². The van der Waals surface area contributed by atoms with Gasteiger partial charge in [0.1, 0.15) is 0 Å². The average Bonchev–Trinajstić information content (AvgIpc) is 3.31. The molecule has 13 heteroatoms. The first-order chi connectivity index (χ1) is 18.2. The van der Waals surface area contributed by atoms with Crippen LogP contribution >= 0.6 is 35.0 Å². The first-order valence-electron chi connectivity index (χ1n) is 11.5. The van der Waals surface area contributed by atoms with Crippen molar-refractivity contribution in [3.63, 3.8) is 0 Å². The zero-order valence-corrected chi connectivity index (χ0v) is 22.8. The topological polar surface area (TPSA) is 120 Å². The monoisotopic (exact) mass is 573 g/mol. The largest absolute Gasteiger partial charge is 0.413 e. The number of amides is 2. The number of thioether (sulfide) groups is 1. The van der Waals surface area contributed by atoms with E-state index >= 15 is 0 Å². The number of rotatable bonds is 4. The van der Waals surface area contributed by atoms with Crippen molar-refractivity contribution in [2.75, 3.05) is 13.3 Å². The van der Waals surface area contributed by atoms with Gasteiger partial charge in [0.2, 0.25) is 0 Å². The number of carbonyl (C=O) groups excluding carboxylic acids is 2. The Hall–Kier alpha value is -3.54. The lowest BCUT2D eigenvalue weighted by Gasteiger charge is -2.34. The molecule has 4 aromatic rings. The summed E-state index contributed by atoms with van der Waals surface area (Å²) in [5, 5.41) is 7.74. The summed E-state index contributed by atoms with van der Waals surface area (Å²) in [6, 6.07) is 9.50. The number of fused-ring (bicyclic) bond motifs is 2. The van der Waals surface area contributed by atoms with E-state index in [1.165, 1.54) is 29.4 Å². The summed E-state index contributed by atoms with van der Waals surface area (Å²) in [7, 11) is 1.44. The third-order valence-corrected chi connectivity index (χ3v) is 7.65. The van der Waals surface area contributed by atoms with Crippen LogP contribution in [0.1, 0.15) is 28.5 Å². The zero-order valence-electron chi connectivity index (χ0n) is 20.4. The molecule has 2 amide bonds. The highest BCUT2D eigenvalue weighted by molar-refractivity contribution is 7.98. The van der Waals surface area contributed by atoms with Crippen LogP contribution in [0.25, 0.3) is 16.7 Å². The first kappa shape index (κ1) is 26.1. The van der Waals surface area contributed by atoms with Crippen molar-refractivity contribution in [1.29, 1.82) is 0 Å². The van der Waals surface area contributed by atoms with Gasteiger partial charge in [0.15, 0.2) is 10.7 Å². The molecule has 0 saturated heterocycles. The van der Waals surface area contributed by atoms with Crippen LogP contribution in [-0.2, 0) is 13.0 Å². The minimum Gasteiger partial charge on any atom is -0.387 e. The summed E-state index contributed by atoms with van der Waals surface area (Å²) in [6.45, 7) is 2.07. The predicted octanol–water partition coefficient (Wildman–Crippen LogP) is 4.71. The normalized spacial score (nSPS) is 14.9. The molecule has 38 heavy (non-hydrogen) atoms. The van der Waals surface area contributed by atoms with Gasteiger partial charge in [0, 0.05) is 30.3 Å². The van der Waals surface area contributed by atoms with Crippen molar-refractivity contribution in [1.82, 2.24) is 24.9 Å². The van der Waals surface area contributed by atoms with E-state index in [2.05, 4.69) is 10.5 Å². The van der Waals surface area contributed by atoms with Crippen LogP contribution < -0.4 is 15.6 Å². The lowest BCUT2D eigenvalue weighted by molar-refractivity contribution is 0.0652. The van der Waals surface area contributed by atoms with Crippen LogP contribution in [0.5, 0.6) is 5.88 Å². The van der Waals surface area contributed by atoms with E-state index in [0.717, 1.165) is 0 Å². The molecule has 1 aliphatic rings. The van der Waals surface area contributed by atoms with Gasteiger partial charge in [0.25, 0.3) is 17.3 Å². The van der Waals surface area contributed by atoms with Crippen molar-refractivity contribution in [3.05, 3.63) is 73.6 Å². The van der Waals surface area contributed by atoms with Crippen molar-refractivity contribution < 1.29 is 18.8 Å². The van der Waals surface area contributed by atoms with E-state index in [4.69, 9.17) is 37.4 Å². The summed E-state index contributed by atoms with van der Waals surface area (Å²) < 4.78 is 12.0. The summed E-state index contributed by atoms with van der Waals surface area (Å²) in [4.78, 5) is 45.0. The second-order valence-electron chi connectivity index (χ2n) is 8.59. The van der Waals surface area contributed by atoms with E-state index in [1.807, 2.05) is 13.2 Å². The molecule has 5 rings (SSSR count). The van der Waals surface area contributed by atoms with Gasteiger partial charge in [-0.05, 0) is 55.1 Å². The third kappa shape index (κ3) is 4.61. The molecule has 1 atom stereocenters. The van der Waals surface area contributed by atoms with Crippen molar-refractivity contribution in [2.45, 2.75) is 31.1 Å². The Kier molecular flexibility index (Phi) is 7.08. The van der Waals surface area contributed by atoms with E-state index in [9.17, 15) is 14.4 Å². The molecule has 0 radical (unpaired) electrons. The Morgan fingerprint density at radius 3 is 2.68 bits per heavy atom. The lowest BCUT2D eigenvalue weighted by Crippen LogP contribution is -2.46. The van der Waals surface area contributed by atoms with Gasteiger partial charge >= 0.3 is 6.09 Å². The highest BCUT2D eigenvalue weighted by Crippen LogP contribution is 2.30. The fraction of sp³-hybridized carbons (Fsp3) is 0.240. The van der Waals surface area contributed by atoms with Crippen LogP contribution in [0.3, 0.4) is 0 Å². The molecule has 1 aliphatic heterocycles. The Labute approximate surface area is 230 Å². The van der Waals surface area contributed by atoms with Crippen molar-refractivity contribution >= 4 is 57.9 Å². The number of aromatic nitrogens is 3. The molecule has 196 valence electrons. The van der Waals surface area contributed by atoms with Crippen LogP contribution in [0.2, 0.25) is 10.0 Å².